The molecule has 2 unspecified atom stereocenters. The summed E-state index contributed by atoms with van der Waals surface area (Å²) in [6.07, 6.45) is 5.14. The van der Waals surface area contributed by atoms with Crippen LogP contribution in [0.2, 0.25) is 0 Å². The molecule has 2 atom stereocenters. The van der Waals surface area contributed by atoms with Crippen LogP contribution in [0.15, 0.2) is 35.0 Å². The van der Waals surface area contributed by atoms with Crippen LogP contribution in [-0.2, 0) is 6.42 Å². The van der Waals surface area contributed by atoms with Gasteiger partial charge in [-0.2, -0.15) is 0 Å². The molecule has 0 radical (unpaired) electrons. The standard InChI is InChI=1S/C17H23NS2/c1-17(2)9-3-8-16(17)18-14(15-7-5-11-20-15)12-13-6-4-10-19-13/h4-7,10-11,14,16,18H,3,8-9,12H2,1-2H3. The molecule has 2 aromatic rings. The van der Waals surface area contributed by atoms with Crippen molar-refractivity contribution in [2.24, 2.45) is 5.41 Å². The molecule has 1 aliphatic rings. The van der Waals surface area contributed by atoms with Crippen molar-refractivity contribution < 1.29 is 0 Å². The Morgan fingerprint density at radius 3 is 2.65 bits per heavy atom. The summed E-state index contributed by atoms with van der Waals surface area (Å²) < 4.78 is 0. The Morgan fingerprint density at radius 1 is 1.25 bits per heavy atom. The highest BCUT2D eigenvalue weighted by Crippen LogP contribution is 2.39. The number of thiophene rings is 2. The normalized spacial score (nSPS) is 23.0. The molecule has 1 aliphatic carbocycles. The van der Waals surface area contributed by atoms with Gasteiger partial charge in [-0.25, -0.2) is 0 Å². The lowest BCUT2D eigenvalue weighted by Gasteiger charge is -2.31. The monoisotopic (exact) mass is 305 g/mol. The molecule has 0 aromatic carbocycles. The fourth-order valence-corrected chi connectivity index (χ4v) is 4.78. The van der Waals surface area contributed by atoms with Gasteiger partial charge in [-0.1, -0.05) is 32.4 Å². The van der Waals surface area contributed by atoms with Crippen LogP contribution in [0, 0.1) is 5.41 Å². The Kier molecular flexibility index (Phi) is 4.29. The first-order chi connectivity index (χ1) is 9.65. The van der Waals surface area contributed by atoms with Crippen LogP contribution in [0.5, 0.6) is 0 Å². The fraction of sp³-hybridized carbons (Fsp3) is 0.529. The number of rotatable bonds is 5. The first-order valence-electron chi connectivity index (χ1n) is 7.47. The molecule has 3 heteroatoms. The lowest BCUT2D eigenvalue weighted by Crippen LogP contribution is -2.40. The van der Waals surface area contributed by atoms with Crippen molar-refractivity contribution in [2.45, 2.75) is 51.6 Å². The van der Waals surface area contributed by atoms with Gasteiger partial charge < -0.3 is 5.32 Å². The van der Waals surface area contributed by atoms with E-state index < -0.39 is 0 Å². The van der Waals surface area contributed by atoms with Crippen molar-refractivity contribution in [2.75, 3.05) is 0 Å². The second-order valence-corrected chi connectivity index (χ2v) is 8.46. The molecule has 0 bridgehead atoms. The zero-order chi connectivity index (χ0) is 14.0. The van der Waals surface area contributed by atoms with E-state index in [1.54, 1.807) is 0 Å². The molecule has 20 heavy (non-hydrogen) atoms. The van der Waals surface area contributed by atoms with Gasteiger partial charge in [0.2, 0.25) is 0 Å². The van der Waals surface area contributed by atoms with Crippen LogP contribution in [0.4, 0.5) is 0 Å². The maximum absolute atomic E-state index is 3.96. The highest BCUT2D eigenvalue weighted by atomic mass is 32.1. The Bertz CT molecular complexity index is 513. The number of nitrogens with one attached hydrogen (secondary N) is 1. The van der Waals surface area contributed by atoms with E-state index in [-0.39, 0.29) is 0 Å². The Labute approximate surface area is 130 Å². The van der Waals surface area contributed by atoms with Crippen molar-refractivity contribution in [3.8, 4) is 0 Å². The first-order valence-corrected chi connectivity index (χ1v) is 9.23. The van der Waals surface area contributed by atoms with Crippen molar-refractivity contribution in [3.63, 3.8) is 0 Å². The number of hydrogen-bond donors (Lipinski definition) is 1. The first kappa shape index (κ1) is 14.3. The van der Waals surface area contributed by atoms with Gasteiger partial charge in [0.05, 0.1) is 0 Å². The second kappa shape index (κ2) is 6.00. The molecule has 0 amide bonds. The van der Waals surface area contributed by atoms with E-state index in [4.69, 9.17) is 0 Å². The molecular weight excluding hydrogens is 282 g/mol. The zero-order valence-electron chi connectivity index (χ0n) is 12.3. The molecule has 0 aliphatic heterocycles. The maximum atomic E-state index is 3.96. The molecule has 2 aromatic heterocycles. The predicted molar refractivity (Wildman–Crippen MR) is 89.6 cm³/mol. The summed E-state index contributed by atoms with van der Waals surface area (Å²) in [4.78, 5) is 2.95. The highest BCUT2D eigenvalue weighted by Gasteiger charge is 2.35. The molecule has 1 N–H and O–H groups in total. The van der Waals surface area contributed by atoms with E-state index in [1.165, 1.54) is 29.0 Å². The molecular formula is C17H23NS2. The molecule has 1 fully saturated rings. The zero-order valence-corrected chi connectivity index (χ0v) is 13.9. The summed E-state index contributed by atoms with van der Waals surface area (Å²) >= 11 is 3.75. The molecule has 2 heterocycles. The smallest absolute Gasteiger partial charge is 0.0465 e. The van der Waals surface area contributed by atoms with E-state index >= 15 is 0 Å². The van der Waals surface area contributed by atoms with E-state index in [0.717, 1.165) is 6.42 Å². The van der Waals surface area contributed by atoms with Crippen LogP contribution in [0.25, 0.3) is 0 Å². The van der Waals surface area contributed by atoms with Gasteiger partial charge in [-0.05, 0) is 41.1 Å². The van der Waals surface area contributed by atoms with E-state index in [9.17, 15) is 0 Å². The van der Waals surface area contributed by atoms with E-state index in [2.05, 4.69) is 54.2 Å². The maximum Gasteiger partial charge on any atom is 0.0465 e. The molecule has 1 nitrogen and oxygen atoms in total. The SMILES string of the molecule is CC1(C)CCCC1NC(Cc1cccs1)c1cccs1. The van der Waals surface area contributed by atoms with E-state index in [0.29, 0.717) is 17.5 Å². The summed E-state index contributed by atoms with van der Waals surface area (Å²) in [5.74, 6) is 0. The van der Waals surface area contributed by atoms with Crippen molar-refractivity contribution in [3.05, 3.63) is 44.8 Å². The van der Waals surface area contributed by atoms with Gasteiger partial charge in [0.15, 0.2) is 0 Å². The lowest BCUT2D eigenvalue weighted by molar-refractivity contribution is 0.262. The van der Waals surface area contributed by atoms with Crippen LogP contribution < -0.4 is 5.32 Å². The third-order valence-electron chi connectivity index (χ3n) is 4.53. The van der Waals surface area contributed by atoms with Crippen LogP contribution >= 0.6 is 22.7 Å². The summed E-state index contributed by atoms with van der Waals surface area (Å²) in [7, 11) is 0. The van der Waals surface area contributed by atoms with Gasteiger partial charge in [-0.15, -0.1) is 22.7 Å². The average Bonchev–Trinajstić information content (AvgIpc) is 3.12. The quantitative estimate of drug-likeness (QED) is 0.794. The molecule has 1 saturated carbocycles. The predicted octanol–water partition coefficient (Wildman–Crippen LogP) is 5.26. The summed E-state index contributed by atoms with van der Waals surface area (Å²) in [6, 6.07) is 9.98. The van der Waals surface area contributed by atoms with Crippen LogP contribution in [-0.4, -0.2) is 6.04 Å². The lowest BCUT2D eigenvalue weighted by atomic mass is 9.86. The van der Waals surface area contributed by atoms with Crippen molar-refractivity contribution >= 4 is 22.7 Å². The van der Waals surface area contributed by atoms with Gasteiger partial charge in [0.25, 0.3) is 0 Å². The van der Waals surface area contributed by atoms with Gasteiger partial charge in [-0.3, -0.25) is 0 Å². The van der Waals surface area contributed by atoms with Gasteiger partial charge in [0, 0.05) is 28.3 Å². The van der Waals surface area contributed by atoms with Gasteiger partial charge in [0.1, 0.15) is 0 Å². The Balaban J connectivity index is 1.76. The third kappa shape index (κ3) is 3.16. The highest BCUT2D eigenvalue weighted by molar-refractivity contribution is 7.10. The number of hydrogen-bond acceptors (Lipinski definition) is 3. The van der Waals surface area contributed by atoms with Crippen LogP contribution in [0.3, 0.4) is 0 Å². The minimum absolute atomic E-state index is 0.435. The minimum atomic E-state index is 0.435. The third-order valence-corrected chi connectivity index (χ3v) is 6.42. The van der Waals surface area contributed by atoms with Crippen LogP contribution in [0.1, 0.15) is 48.9 Å². The van der Waals surface area contributed by atoms with Crippen molar-refractivity contribution in [1.82, 2.24) is 5.32 Å². The van der Waals surface area contributed by atoms with E-state index in [1.807, 2.05) is 22.7 Å². The van der Waals surface area contributed by atoms with Gasteiger partial charge >= 0.3 is 0 Å². The summed E-state index contributed by atoms with van der Waals surface area (Å²) in [5, 5.41) is 8.34. The molecule has 3 rings (SSSR count). The second-order valence-electron chi connectivity index (χ2n) is 6.45. The summed E-state index contributed by atoms with van der Waals surface area (Å²) in [6.45, 7) is 4.82. The largest absolute Gasteiger partial charge is 0.306 e. The Morgan fingerprint density at radius 2 is 2.05 bits per heavy atom. The minimum Gasteiger partial charge on any atom is -0.306 e. The summed E-state index contributed by atoms with van der Waals surface area (Å²) in [5.41, 5.74) is 0.435. The Hall–Kier alpha value is -0.640. The molecule has 0 spiro atoms. The molecule has 0 saturated heterocycles. The topological polar surface area (TPSA) is 12.0 Å². The molecule has 108 valence electrons. The average molecular weight is 306 g/mol. The fourth-order valence-electron chi connectivity index (χ4n) is 3.24. The van der Waals surface area contributed by atoms with Crippen molar-refractivity contribution in [1.29, 1.82) is 0 Å².